The van der Waals surface area contributed by atoms with Gasteiger partial charge in [-0.05, 0) is 58.3 Å². The zero-order valence-corrected chi connectivity index (χ0v) is 14.5. The van der Waals surface area contributed by atoms with Gasteiger partial charge in [-0.2, -0.15) is 0 Å². The number of pyridine rings is 1. The standard InChI is InChI=1S/C17H17FINO3/c18-16-8-13(19)2-1-11(16)7-12-9-20-6-5-15(12)17(23)4-3-14(22)10-21/h1-2,5-6,8-9,14,21-22H,3-4,7,10H2. The maximum absolute atomic E-state index is 14.0. The van der Waals surface area contributed by atoms with Crippen LogP contribution in [0, 0.1) is 9.39 Å². The highest BCUT2D eigenvalue weighted by molar-refractivity contribution is 14.1. The minimum atomic E-state index is -0.905. The summed E-state index contributed by atoms with van der Waals surface area (Å²) in [6.07, 6.45) is 2.76. The fraction of sp³-hybridized carbons (Fsp3) is 0.294. The Balaban J connectivity index is 2.18. The number of carbonyl (C=O) groups is 1. The summed E-state index contributed by atoms with van der Waals surface area (Å²) in [7, 11) is 0. The van der Waals surface area contributed by atoms with E-state index in [1.807, 2.05) is 28.7 Å². The normalized spacial score (nSPS) is 12.2. The van der Waals surface area contributed by atoms with Crippen molar-refractivity contribution in [3.63, 3.8) is 0 Å². The first-order valence-electron chi connectivity index (χ1n) is 7.20. The molecule has 0 aliphatic heterocycles. The van der Waals surface area contributed by atoms with Gasteiger partial charge >= 0.3 is 0 Å². The van der Waals surface area contributed by atoms with Crippen LogP contribution in [-0.2, 0) is 6.42 Å². The summed E-state index contributed by atoms with van der Waals surface area (Å²) in [5.41, 5.74) is 1.63. The molecule has 2 aromatic rings. The van der Waals surface area contributed by atoms with Crippen molar-refractivity contribution in [1.82, 2.24) is 4.98 Å². The Morgan fingerprint density at radius 2 is 2.09 bits per heavy atom. The molecule has 2 N–H and O–H groups in total. The molecular weight excluding hydrogens is 412 g/mol. The number of ketones is 1. The molecule has 0 amide bonds. The Morgan fingerprint density at radius 1 is 1.30 bits per heavy atom. The van der Waals surface area contributed by atoms with Crippen molar-refractivity contribution in [2.45, 2.75) is 25.4 Å². The van der Waals surface area contributed by atoms with Gasteiger partial charge in [0.25, 0.3) is 0 Å². The number of aliphatic hydroxyl groups excluding tert-OH is 2. The first-order valence-corrected chi connectivity index (χ1v) is 8.28. The summed E-state index contributed by atoms with van der Waals surface area (Å²) in [6, 6.07) is 6.57. The monoisotopic (exact) mass is 429 g/mol. The number of aromatic nitrogens is 1. The fourth-order valence-electron chi connectivity index (χ4n) is 2.23. The lowest BCUT2D eigenvalue weighted by atomic mass is 9.96. The summed E-state index contributed by atoms with van der Waals surface area (Å²) >= 11 is 2.04. The maximum atomic E-state index is 14.0. The van der Waals surface area contributed by atoms with Crippen molar-refractivity contribution in [3.05, 3.63) is 62.7 Å². The van der Waals surface area contributed by atoms with E-state index < -0.39 is 6.10 Å². The first kappa shape index (κ1) is 18.0. The number of hydrogen-bond acceptors (Lipinski definition) is 4. The molecule has 23 heavy (non-hydrogen) atoms. The zero-order chi connectivity index (χ0) is 16.8. The van der Waals surface area contributed by atoms with Crippen molar-refractivity contribution in [3.8, 4) is 0 Å². The van der Waals surface area contributed by atoms with Crippen LogP contribution in [0.2, 0.25) is 0 Å². The van der Waals surface area contributed by atoms with Crippen LogP contribution in [0.5, 0.6) is 0 Å². The summed E-state index contributed by atoms with van der Waals surface area (Å²) in [6.45, 7) is -0.371. The predicted octanol–water partition coefficient (Wildman–Crippen LogP) is 2.73. The minimum Gasteiger partial charge on any atom is -0.394 e. The smallest absolute Gasteiger partial charge is 0.163 e. The highest BCUT2D eigenvalue weighted by atomic mass is 127. The Bertz CT molecular complexity index is 693. The van der Waals surface area contributed by atoms with Crippen LogP contribution in [0.1, 0.15) is 34.3 Å². The Morgan fingerprint density at radius 3 is 2.78 bits per heavy atom. The van der Waals surface area contributed by atoms with Crippen molar-refractivity contribution < 1.29 is 19.4 Å². The zero-order valence-electron chi connectivity index (χ0n) is 12.4. The number of rotatable bonds is 7. The lowest BCUT2D eigenvalue weighted by Gasteiger charge is -2.10. The molecule has 122 valence electrons. The van der Waals surface area contributed by atoms with Crippen LogP contribution in [0.25, 0.3) is 0 Å². The molecule has 0 aliphatic carbocycles. The average Bonchev–Trinajstić information content (AvgIpc) is 2.55. The van der Waals surface area contributed by atoms with Crippen molar-refractivity contribution in [2.75, 3.05) is 6.61 Å². The number of nitrogens with zero attached hydrogens (tertiary/aromatic N) is 1. The second-order valence-electron chi connectivity index (χ2n) is 5.24. The molecule has 0 saturated heterocycles. The molecule has 0 fully saturated rings. The summed E-state index contributed by atoms with van der Waals surface area (Å²) in [4.78, 5) is 16.3. The van der Waals surface area contributed by atoms with Gasteiger partial charge in [-0.1, -0.05) is 6.07 Å². The molecule has 0 spiro atoms. The first-order chi connectivity index (χ1) is 11.0. The third-order valence-electron chi connectivity index (χ3n) is 3.52. The van der Waals surface area contributed by atoms with Gasteiger partial charge in [0.15, 0.2) is 5.78 Å². The quantitative estimate of drug-likeness (QED) is 0.525. The molecule has 0 aliphatic rings. The molecule has 1 aromatic carbocycles. The number of benzene rings is 1. The molecule has 1 heterocycles. The van der Waals surface area contributed by atoms with E-state index in [4.69, 9.17) is 5.11 Å². The SMILES string of the molecule is O=C(CCC(O)CO)c1ccncc1Cc1ccc(I)cc1F. The maximum Gasteiger partial charge on any atom is 0.163 e. The van der Waals surface area contributed by atoms with E-state index in [9.17, 15) is 14.3 Å². The molecule has 1 aromatic heterocycles. The van der Waals surface area contributed by atoms with Gasteiger partial charge < -0.3 is 10.2 Å². The van der Waals surface area contributed by atoms with Crippen LogP contribution >= 0.6 is 22.6 Å². The number of carbonyl (C=O) groups excluding carboxylic acids is 1. The van der Waals surface area contributed by atoms with Gasteiger partial charge in [-0.25, -0.2) is 4.39 Å². The lowest BCUT2D eigenvalue weighted by molar-refractivity contribution is 0.0779. The summed E-state index contributed by atoms with van der Waals surface area (Å²) < 4.78 is 14.8. The highest BCUT2D eigenvalue weighted by Crippen LogP contribution is 2.19. The molecule has 1 unspecified atom stereocenters. The van der Waals surface area contributed by atoms with Gasteiger partial charge in [0.2, 0.25) is 0 Å². The molecule has 0 saturated carbocycles. The van der Waals surface area contributed by atoms with E-state index in [0.717, 1.165) is 3.57 Å². The number of hydrogen-bond donors (Lipinski definition) is 2. The average molecular weight is 429 g/mol. The van der Waals surface area contributed by atoms with E-state index in [1.54, 1.807) is 18.3 Å². The van der Waals surface area contributed by atoms with E-state index in [0.29, 0.717) is 16.7 Å². The topological polar surface area (TPSA) is 70.4 Å². The number of aliphatic hydroxyl groups is 2. The second-order valence-corrected chi connectivity index (χ2v) is 6.49. The van der Waals surface area contributed by atoms with Gasteiger partial charge in [0, 0.05) is 34.4 Å². The van der Waals surface area contributed by atoms with Crippen molar-refractivity contribution in [2.24, 2.45) is 0 Å². The van der Waals surface area contributed by atoms with Gasteiger partial charge in [-0.3, -0.25) is 9.78 Å². The minimum absolute atomic E-state index is 0.119. The van der Waals surface area contributed by atoms with Crippen LogP contribution in [0.3, 0.4) is 0 Å². The predicted molar refractivity (Wildman–Crippen MR) is 92.8 cm³/mol. The molecule has 6 heteroatoms. The lowest BCUT2D eigenvalue weighted by Crippen LogP contribution is -2.15. The highest BCUT2D eigenvalue weighted by Gasteiger charge is 2.15. The summed E-state index contributed by atoms with van der Waals surface area (Å²) in [5, 5.41) is 18.2. The van der Waals surface area contributed by atoms with Crippen molar-refractivity contribution in [1.29, 1.82) is 0 Å². The number of halogens is 2. The van der Waals surface area contributed by atoms with Crippen LogP contribution in [0.4, 0.5) is 4.39 Å². The van der Waals surface area contributed by atoms with E-state index >= 15 is 0 Å². The van der Waals surface area contributed by atoms with Gasteiger partial charge in [0.1, 0.15) is 5.82 Å². The van der Waals surface area contributed by atoms with Crippen LogP contribution in [0.15, 0.2) is 36.7 Å². The fourth-order valence-corrected chi connectivity index (χ4v) is 2.69. The Kier molecular flexibility index (Phi) is 6.61. The van der Waals surface area contributed by atoms with Crippen LogP contribution in [-0.4, -0.2) is 33.7 Å². The van der Waals surface area contributed by atoms with E-state index in [-0.39, 0.29) is 37.5 Å². The Hall–Kier alpha value is -1.38. The second kappa shape index (κ2) is 8.47. The number of Topliss-reactive ketones (excluding diaryl/α,β-unsaturated/α-hetero) is 1. The van der Waals surface area contributed by atoms with Crippen molar-refractivity contribution >= 4 is 28.4 Å². The third kappa shape index (κ3) is 5.05. The molecule has 4 nitrogen and oxygen atoms in total. The van der Waals surface area contributed by atoms with Crippen LogP contribution < -0.4 is 0 Å². The van der Waals surface area contributed by atoms with Gasteiger partial charge in [0.05, 0.1) is 12.7 Å². The molecule has 0 radical (unpaired) electrons. The largest absolute Gasteiger partial charge is 0.394 e. The summed E-state index contributed by atoms with van der Waals surface area (Å²) in [5.74, 6) is -0.462. The van der Waals surface area contributed by atoms with E-state index in [2.05, 4.69) is 4.98 Å². The third-order valence-corrected chi connectivity index (χ3v) is 4.19. The van der Waals surface area contributed by atoms with Gasteiger partial charge in [-0.15, -0.1) is 0 Å². The molecule has 1 atom stereocenters. The molecule has 0 bridgehead atoms. The van der Waals surface area contributed by atoms with E-state index in [1.165, 1.54) is 12.3 Å². The Labute approximate surface area is 147 Å². The molecule has 2 rings (SSSR count). The molecular formula is C17H17FINO3.